The number of alkyl halides is 3. The third-order valence-electron chi connectivity index (χ3n) is 6.28. The fourth-order valence-corrected chi connectivity index (χ4v) is 4.72. The van der Waals surface area contributed by atoms with Crippen LogP contribution in [0.1, 0.15) is 36.1 Å². The van der Waals surface area contributed by atoms with Crippen molar-refractivity contribution in [2.75, 3.05) is 32.8 Å². The number of rotatable bonds is 4. The van der Waals surface area contributed by atoms with Gasteiger partial charge in [-0.25, -0.2) is 0 Å². The molecule has 7 heteroatoms. The van der Waals surface area contributed by atoms with Gasteiger partial charge in [-0.05, 0) is 24.1 Å². The van der Waals surface area contributed by atoms with Crippen LogP contribution in [0.25, 0.3) is 0 Å². The van der Waals surface area contributed by atoms with Crippen molar-refractivity contribution in [1.82, 2.24) is 9.80 Å². The minimum atomic E-state index is -4.36. The highest BCUT2D eigenvalue weighted by Gasteiger charge is 2.47. The first kappa shape index (κ1) is 21.8. The van der Waals surface area contributed by atoms with Gasteiger partial charge in [0, 0.05) is 38.0 Å². The minimum Gasteiger partial charge on any atom is -0.379 e. The van der Waals surface area contributed by atoms with Crippen LogP contribution in [0.15, 0.2) is 54.6 Å². The van der Waals surface area contributed by atoms with Gasteiger partial charge in [-0.2, -0.15) is 13.2 Å². The molecule has 0 unspecified atom stereocenters. The first-order valence-corrected chi connectivity index (χ1v) is 10.6. The average Bonchev–Trinajstić information content (AvgIpc) is 2.93. The molecule has 0 bridgehead atoms. The van der Waals surface area contributed by atoms with Gasteiger partial charge in [0.05, 0.1) is 24.8 Å². The van der Waals surface area contributed by atoms with E-state index in [4.69, 9.17) is 4.74 Å². The maximum Gasteiger partial charge on any atom is 0.416 e. The van der Waals surface area contributed by atoms with Crippen LogP contribution in [-0.2, 0) is 22.3 Å². The molecular weight excluding hydrogens is 405 g/mol. The molecule has 4 nitrogen and oxygen atoms in total. The van der Waals surface area contributed by atoms with Gasteiger partial charge in [0.25, 0.3) is 0 Å². The van der Waals surface area contributed by atoms with Gasteiger partial charge in [-0.15, -0.1) is 0 Å². The largest absolute Gasteiger partial charge is 0.416 e. The lowest BCUT2D eigenvalue weighted by molar-refractivity contribution is -0.137. The smallest absolute Gasteiger partial charge is 0.379 e. The zero-order valence-electron chi connectivity index (χ0n) is 17.6. The number of hydrogen-bond donors (Lipinski definition) is 0. The normalized spacial score (nSPS) is 23.9. The third-order valence-corrected chi connectivity index (χ3v) is 6.28. The van der Waals surface area contributed by atoms with Gasteiger partial charge in [-0.1, -0.05) is 48.5 Å². The molecule has 2 aromatic rings. The number of carbonyl (C=O) groups is 1. The van der Waals surface area contributed by atoms with Crippen molar-refractivity contribution in [3.05, 3.63) is 71.3 Å². The van der Waals surface area contributed by atoms with Crippen LogP contribution in [0.2, 0.25) is 0 Å². The number of amides is 1. The highest BCUT2D eigenvalue weighted by molar-refractivity contribution is 5.80. The Labute approximate surface area is 180 Å². The summed E-state index contributed by atoms with van der Waals surface area (Å²) in [5, 5.41) is 0. The van der Waals surface area contributed by atoms with Crippen molar-refractivity contribution in [3.63, 3.8) is 0 Å². The summed E-state index contributed by atoms with van der Waals surface area (Å²) in [7, 11) is 0. The second-order valence-electron chi connectivity index (χ2n) is 8.75. The lowest BCUT2D eigenvalue weighted by atomic mass is 9.87. The first-order valence-electron chi connectivity index (χ1n) is 10.6. The number of nitrogens with zero attached hydrogens (tertiary/aromatic N) is 2. The second-order valence-corrected chi connectivity index (χ2v) is 8.75. The highest BCUT2D eigenvalue weighted by atomic mass is 19.4. The van der Waals surface area contributed by atoms with Crippen molar-refractivity contribution < 1.29 is 22.7 Å². The van der Waals surface area contributed by atoms with Gasteiger partial charge in [-0.3, -0.25) is 9.69 Å². The van der Waals surface area contributed by atoms with Gasteiger partial charge in [0.2, 0.25) is 5.91 Å². The van der Waals surface area contributed by atoms with E-state index in [-0.39, 0.29) is 17.4 Å². The summed E-state index contributed by atoms with van der Waals surface area (Å²) < 4.78 is 45.1. The summed E-state index contributed by atoms with van der Waals surface area (Å²) in [6.07, 6.45) is -3.96. The SMILES string of the molecule is C[C@@H](c1ccccc1)N1C[C@]2(COCCN(Cc3cccc(C(F)(F)F)c3)C2)CC1=O. The van der Waals surface area contributed by atoms with Crippen molar-refractivity contribution in [2.24, 2.45) is 5.41 Å². The summed E-state index contributed by atoms with van der Waals surface area (Å²) in [6, 6.07) is 15.4. The molecule has 0 radical (unpaired) electrons. The number of halogens is 3. The van der Waals surface area contributed by atoms with Gasteiger partial charge >= 0.3 is 6.18 Å². The van der Waals surface area contributed by atoms with Crippen LogP contribution in [-0.4, -0.2) is 48.6 Å². The predicted octanol–water partition coefficient (Wildman–Crippen LogP) is 4.52. The maximum absolute atomic E-state index is 13.1. The number of ether oxygens (including phenoxy) is 1. The van der Waals surface area contributed by atoms with E-state index in [2.05, 4.69) is 4.90 Å². The molecule has 0 N–H and O–H groups in total. The summed E-state index contributed by atoms with van der Waals surface area (Å²) in [4.78, 5) is 16.9. The molecule has 0 aromatic heterocycles. The summed E-state index contributed by atoms with van der Waals surface area (Å²) >= 11 is 0. The Kier molecular flexibility index (Phi) is 6.08. The van der Waals surface area contributed by atoms with Crippen LogP contribution < -0.4 is 0 Å². The van der Waals surface area contributed by atoms with E-state index in [9.17, 15) is 18.0 Å². The van der Waals surface area contributed by atoms with Crippen LogP contribution in [0, 0.1) is 5.41 Å². The molecule has 2 heterocycles. The molecule has 2 saturated heterocycles. The van der Waals surface area contributed by atoms with Crippen molar-refractivity contribution >= 4 is 5.91 Å². The molecule has 4 rings (SSSR count). The molecule has 0 saturated carbocycles. The molecule has 1 spiro atoms. The Morgan fingerprint density at radius 3 is 2.61 bits per heavy atom. The topological polar surface area (TPSA) is 32.8 Å². The van der Waals surface area contributed by atoms with E-state index in [1.54, 1.807) is 6.07 Å². The van der Waals surface area contributed by atoms with E-state index in [0.717, 1.165) is 11.6 Å². The fraction of sp³-hybridized carbons (Fsp3) is 0.458. The van der Waals surface area contributed by atoms with E-state index in [1.807, 2.05) is 42.2 Å². The maximum atomic E-state index is 13.1. The molecular formula is C24H27F3N2O2. The quantitative estimate of drug-likeness (QED) is 0.712. The molecule has 2 aliphatic heterocycles. The van der Waals surface area contributed by atoms with Gasteiger partial charge in [0.15, 0.2) is 0 Å². The Morgan fingerprint density at radius 1 is 1.10 bits per heavy atom. The second kappa shape index (κ2) is 8.63. The lowest BCUT2D eigenvalue weighted by Gasteiger charge is -2.33. The van der Waals surface area contributed by atoms with E-state index >= 15 is 0 Å². The molecule has 31 heavy (non-hydrogen) atoms. The van der Waals surface area contributed by atoms with E-state index < -0.39 is 11.7 Å². The molecule has 2 atom stereocenters. The summed E-state index contributed by atoms with van der Waals surface area (Å²) in [6.45, 7) is 5.25. The predicted molar refractivity (Wildman–Crippen MR) is 111 cm³/mol. The fourth-order valence-electron chi connectivity index (χ4n) is 4.72. The van der Waals surface area contributed by atoms with E-state index in [1.165, 1.54) is 12.1 Å². The van der Waals surface area contributed by atoms with Crippen LogP contribution >= 0.6 is 0 Å². The Bertz CT molecular complexity index is 919. The van der Waals surface area contributed by atoms with Gasteiger partial charge < -0.3 is 9.64 Å². The van der Waals surface area contributed by atoms with Crippen LogP contribution in [0.5, 0.6) is 0 Å². The molecule has 166 valence electrons. The zero-order valence-corrected chi connectivity index (χ0v) is 17.6. The standard InChI is InChI=1S/C24H27F3N2O2/c1-18(20-7-3-2-4-8-20)29-16-23(13-22(29)30)15-28(10-11-31-17-23)14-19-6-5-9-21(12-19)24(25,26)27/h2-9,12,18H,10-11,13-17H2,1H3/t18-,23-/m0/s1. The van der Waals surface area contributed by atoms with Crippen molar-refractivity contribution in [1.29, 1.82) is 0 Å². The Hall–Kier alpha value is -2.38. The first-order chi connectivity index (χ1) is 14.8. The number of benzene rings is 2. The third kappa shape index (κ3) is 4.93. The number of likely N-dealkylation sites (tertiary alicyclic amines) is 1. The zero-order chi connectivity index (χ0) is 22.1. The van der Waals surface area contributed by atoms with Crippen LogP contribution in [0.3, 0.4) is 0 Å². The van der Waals surface area contributed by atoms with Crippen molar-refractivity contribution in [3.8, 4) is 0 Å². The van der Waals surface area contributed by atoms with Crippen molar-refractivity contribution in [2.45, 2.75) is 32.1 Å². The molecule has 2 aliphatic rings. The average molecular weight is 432 g/mol. The summed E-state index contributed by atoms with van der Waals surface area (Å²) in [5.41, 5.74) is 0.719. The summed E-state index contributed by atoms with van der Waals surface area (Å²) in [5.74, 6) is 0.0980. The lowest BCUT2D eigenvalue weighted by Crippen LogP contribution is -2.40. The monoisotopic (exact) mass is 432 g/mol. The molecule has 0 aliphatic carbocycles. The van der Waals surface area contributed by atoms with Crippen LogP contribution in [0.4, 0.5) is 13.2 Å². The highest BCUT2D eigenvalue weighted by Crippen LogP contribution is 2.39. The number of hydrogen-bond acceptors (Lipinski definition) is 3. The molecule has 2 aromatic carbocycles. The Balaban J connectivity index is 1.49. The Morgan fingerprint density at radius 2 is 1.87 bits per heavy atom. The number of carbonyl (C=O) groups excluding carboxylic acids is 1. The molecule has 1 amide bonds. The molecule has 2 fully saturated rings. The van der Waals surface area contributed by atoms with E-state index in [0.29, 0.717) is 51.4 Å². The van der Waals surface area contributed by atoms with Gasteiger partial charge in [0.1, 0.15) is 0 Å². The minimum absolute atomic E-state index is 0.0340.